The normalized spacial score (nSPS) is 24.2. The first-order valence-corrected chi connectivity index (χ1v) is 7.36. The zero-order valence-electron chi connectivity index (χ0n) is 11.6. The molecule has 0 bridgehead atoms. The smallest absolute Gasteiger partial charge is 0.225 e. The van der Waals surface area contributed by atoms with E-state index in [1.807, 2.05) is 6.07 Å². The summed E-state index contributed by atoms with van der Waals surface area (Å²) < 4.78 is 0. The number of carbonyl (C=O) groups is 1. The summed E-state index contributed by atoms with van der Waals surface area (Å²) in [5, 5.41) is 0. The molecule has 0 spiro atoms. The number of hydrogen-bond donors (Lipinski definition) is 0. The molecule has 3 heteroatoms. The van der Waals surface area contributed by atoms with Gasteiger partial charge in [-0.2, -0.15) is 0 Å². The summed E-state index contributed by atoms with van der Waals surface area (Å²) in [6.07, 6.45) is 3.44. The van der Waals surface area contributed by atoms with E-state index in [4.69, 9.17) is 0 Å². The Morgan fingerprint density at radius 1 is 1.16 bits per heavy atom. The monoisotopic (exact) mass is 258 g/mol. The lowest BCUT2D eigenvalue weighted by atomic mass is 9.84. The van der Waals surface area contributed by atoms with Crippen LogP contribution in [0, 0.1) is 5.92 Å². The minimum atomic E-state index is 0.329. The van der Waals surface area contributed by atoms with Crippen LogP contribution in [0.15, 0.2) is 30.3 Å². The Morgan fingerprint density at radius 3 is 2.47 bits per heavy atom. The van der Waals surface area contributed by atoms with Crippen molar-refractivity contribution >= 4 is 11.6 Å². The van der Waals surface area contributed by atoms with Crippen LogP contribution in [0.3, 0.4) is 0 Å². The molecule has 1 unspecified atom stereocenters. The summed E-state index contributed by atoms with van der Waals surface area (Å²) in [6, 6.07) is 10.9. The van der Waals surface area contributed by atoms with E-state index in [-0.39, 0.29) is 0 Å². The highest BCUT2D eigenvalue weighted by Gasteiger charge is 2.33. The van der Waals surface area contributed by atoms with Gasteiger partial charge >= 0.3 is 0 Å². The number of benzene rings is 1. The van der Waals surface area contributed by atoms with Gasteiger partial charge in [-0.1, -0.05) is 24.6 Å². The van der Waals surface area contributed by atoms with Gasteiger partial charge in [-0.15, -0.1) is 0 Å². The van der Waals surface area contributed by atoms with Gasteiger partial charge in [-0.3, -0.25) is 4.79 Å². The third-order valence-corrected chi connectivity index (χ3v) is 4.48. The Kier molecular flexibility index (Phi) is 3.45. The minimum absolute atomic E-state index is 0.329. The molecule has 102 valence electrons. The zero-order chi connectivity index (χ0) is 13.2. The van der Waals surface area contributed by atoms with E-state index in [0.29, 0.717) is 17.9 Å². The van der Waals surface area contributed by atoms with Crippen molar-refractivity contribution in [1.29, 1.82) is 0 Å². The highest BCUT2D eigenvalue weighted by molar-refractivity contribution is 5.80. The SMILES string of the molecule is CC1CN(C(=O)C2CCC2)CCN1c1ccccc1. The van der Waals surface area contributed by atoms with E-state index in [9.17, 15) is 4.79 Å². The van der Waals surface area contributed by atoms with Crippen LogP contribution >= 0.6 is 0 Å². The maximum atomic E-state index is 12.3. The standard InChI is InChI=1S/C16H22N2O/c1-13-12-17(16(19)14-6-5-7-14)10-11-18(13)15-8-3-2-4-9-15/h2-4,8-9,13-14H,5-7,10-12H2,1H3. The Hall–Kier alpha value is -1.51. The van der Waals surface area contributed by atoms with Gasteiger partial charge in [0, 0.05) is 37.3 Å². The fourth-order valence-corrected chi connectivity index (χ4v) is 3.07. The van der Waals surface area contributed by atoms with Crippen LogP contribution in [-0.4, -0.2) is 36.5 Å². The van der Waals surface area contributed by atoms with Crippen molar-refractivity contribution in [2.75, 3.05) is 24.5 Å². The van der Waals surface area contributed by atoms with Crippen molar-refractivity contribution in [3.8, 4) is 0 Å². The molecule has 1 aromatic carbocycles. The van der Waals surface area contributed by atoms with Crippen molar-refractivity contribution in [1.82, 2.24) is 4.90 Å². The first-order chi connectivity index (χ1) is 9.25. The number of rotatable bonds is 2. The zero-order valence-corrected chi connectivity index (χ0v) is 11.6. The fourth-order valence-electron chi connectivity index (χ4n) is 3.07. The summed E-state index contributed by atoms with van der Waals surface area (Å²) in [6.45, 7) is 4.90. The third-order valence-electron chi connectivity index (χ3n) is 4.48. The molecule has 1 aliphatic heterocycles. The van der Waals surface area contributed by atoms with Crippen molar-refractivity contribution < 1.29 is 4.79 Å². The average Bonchev–Trinajstić information content (AvgIpc) is 2.37. The largest absolute Gasteiger partial charge is 0.365 e. The number of piperazine rings is 1. The van der Waals surface area contributed by atoms with Crippen LogP contribution in [0.5, 0.6) is 0 Å². The second-order valence-corrected chi connectivity index (χ2v) is 5.79. The van der Waals surface area contributed by atoms with E-state index in [1.165, 1.54) is 12.1 Å². The van der Waals surface area contributed by atoms with Crippen LogP contribution < -0.4 is 4.90 Å². The van der Waals surface area contributed by atoms with Crippen molar-refractivity contribution in [2.24, 2.45) is 5.92 Å². The van der Waals surface area contributed by atoms with Gasteiger partial charge in [-0.05, 0) is 31.9 Å². The molecule has 0 aromatic heterocycles. The minimum Gasteiger partial charge on any atom is -0.365 e. The maximum Gasteiger partial charge on any atom is 0.225 e. The number of nitrogens with zero attached hydrogens (tertiary/aromatic N) is 2. The first-order valence-electron chi connectivity index (χ1n) is 7.36. The second kappa shape index (κ2) is 5.24. The molecular formula is C16H22N2O. The van der Waals surface area contributed by atoms with Crippen LogP contribution in [0.25, 0.3) is 0 Å². The Bertz CT molecular complexity index is 441. The molecule has 1 aromatic rings. The van der Waals surface area contributed by atoms with Crippen LogP contribution in [0.2, 0.25) is 0 Å². The number of amides is 1. The third kappa shape index (κ3) is 2.46. The molecule has 1 saturated heterocycles. The van der Waals surface area contributed by atoms with Gasteiger partial charge in [0.2, 0.25) is 5.91 Å². The molecule has 1 atom stereocenters. The lowest BCUT2D eigenvalue weighted by molar-refractivity contribution is -0.138. The summed E-state index contributed by atoms with van der Waals surface area (Å²) >= 11 is 0. The van der Waals surface area contributed by atoms with E-state index in [1.54, 1.807) is 0 Å². The topological polar surface area (TPSA) is 23.6 Å². The summed E-state index contributed by atoms with van der Waals surface area (Å²) in [5.41, 5.74) is 1.27. The Balaban J connectivity index is 1.64. The van der Waals surface area contributed by atoms with E-state index in [2.05, 4.69) is 41.0 Å². The Morgan fingerprint density at radius 2 is 1.89 bits per heavy atom. The molecule has 1 saturated carbocycles. The van der Waals surface area contributed by atoms with E-state index < -0.39 is 0 Å². The van der Waals surface area contributed by atoms with Gasteiger partial charge in [0.25, 0.3) is 0 Å². The van der Waals surface area contributed by atoms with Crippen LogP contribution in [-0.2, 0) is 4.79 Å². The fraction of sp³-hybridized carbons (Fsp3) is 0.562. The highest BCUT2D eigenvalue weighted by atomic mass is 16.2. The van der Waals surface area contributed by atoms with Crippen LogP contribution in [0.1, 0.15) is 26.2 Å². The van der Waals surface area contributed by atoms with Crippen molar-refractivity contribution in [3.05, 3.63) is 30.3 Å². The molecule has 2 fully saturated rings. The summed E-state index contributed by atoms with van der Waals surface area (Å²) in [7, 11) is 0. The average molecular weight is 258 g/mol. The van der Waals surface area contributed by atoms with E-state index >= 15 is 0 Å². The van der Waals surface area contributed by atoms with Gasteiger partial charge in [0.15, 0.2) is 0 Å². The molecular weight excluding hydrogens is 236 g/mol. The molecule has 1 amide bonds. The number of para-hydroxylation sites is 1. The highest BCUT2D eigenvalue weighted by Crippen LogP contribution is 2.29. The lowest BCUT2D eigenvalue weighted by Gasteiger charge is -2.43. The molecule has 1 heterocycles. The lowest BCUT2D eigenvalue weighted by Crippen LogP contribution is -2.55. The molecule has 0 radical (unpaired) electrons. The quantitative estimate of drug-likeness (QED) is 0.814. The molecule has 0 N–H and O–H groups in total. The molecule has 2 aliphatic rings. The summed E-state index contributed by atoms with van der Waals surface area (Å²) in [4.78, 5) is 16.8. The summed E-state index contributed by atoms with van der Waals surface area (Å²) in [5.74, 6) is 0.723. The van der Waals surface area contributed by atoms with Crippen LogP contribution in [0.4, 0.5) is 5.69 Å². The number of hydrogen-bond acceptors (Lipinski definition) is 2. The van der Waals surface area contributed by atoms with E-state index in [0.717, 1.165) is 32.5 Å². The number of carbonyl (C=O) groups excluding carboxylic acids is 1. The van der Waals surface area contributed by atoms with Gasteiger partial charge in [0.1, 0.15) is 0 Å². The van der Waals surface area contributed by atoms with Gasteiger partial charge < -0.3 is 9.80 Å². The predicted molar refractivity (Wildman–Crippen MR) is 77.2 cm³/mol. The maximum absolute atomic E-state index is 12.3. The van der Waals surface area contributed by atoms with Crippen molar-refractivity contribution in [2.45, 2.75) is 32.2 Å². The molecule has 19 heavy (non-hydrogen) atoms. The molecule has 1 aliphatic carbocycles. The van der Waals surface area contributed by atoms with Gasteiger partial charge in [0.05, 0.1) is 0 Å². The second-order valence-electron chi connectivity index (χ2n) is 5.79. The Labute approximate surface area is 115 Å². The van der Waals surface area contributed by atoms with Gasteiger partial charge in [-0.25, -0.2) is 0 Å². The molecule has 3 rings (SSSR count). The number of anilines is 1. The van der Waals surface area contributed by atoms with Crippen molar-refractivity contribution in [3.63, 3.8) is 0 Å². The first kappa shape index (κ1) is 12.5. The predicted octanol–water partition coefficient (Wildman–Crippen LogP) is 2.52. The molecule has 3 nitrogen and oxygen atoms in total.